The van der Waals surface area contributed by atoms with Crippen LogP contribution >= 0.6 is 0 Å². The highest BCUT2D eigenvalue weighted by Crippen LogP contribution is 2.31. The van der Waals surface area contributed by atoms with Gasteiger partial charge in [-0.1, -0.05) is 44.2 Å². The maximum atomic E-state index is 12.4. The molecule has 0 aliphatic carbocycles. The Bertz CT molecular complexity index is 434. The summed E-state index contributed by atoms with van der Waals surface area (Å²) in [6.45, 7) is 7.10. The summed E-state index contributed by atoms with van der Waals surface area (Å²) in [5.41, 5.74) is 1.39. The Morgan fingerprint density at radius 2 is 1.81 bits per heavy atom. The van der Waals surface area contributed by atoms with Gasteiger partial charge in [-0.05, 0) is 44.3 Å². The Morgan fingerprint density at radius 1 is 1.19 bits per heavy atom. The Balaban J connectivity index is 2.01. The molecule has 116 valence electrons. The number of amides is 1. The number of carbonyl (C=O) groups is 1. The fourth-order valence-electron chi connectivity index (χ4n) is 3.29. The van der Waals surface area contributed by atoms with E-state index in [1.807, 2.05) is 6.07 Å². The Morgan fingerprint density at radius 3 is 2.38 bits per heavy atom. The third-order valence-electron chi connectivity index (χ3n) is 5.05. The van der Waals surface area contributed by atoms with Crippen LogP contribution in [0.25, 0.3) is 0 Å². The van der Waals surface area contributed by atoms with Crippen molar-refractivity contribution in [2.45, 2.75) is 44.9 Å². The fraction of sp³-hybridized carbons (Fsp3) is 0.611. The van der Waals surface area contributed by atoms with Gasteiger partial charge >= 0.3 is 0 Å². The predicted molar refractivity (Wildman–Crippen MR) is 87.3 cm³/mol. The van der Waals surface area contributed by atoms with Crippen molar-refractivity contribution in [1.82, 2.24) is 10.6 Å². The van der Waals surface area contributed by atoms with Crippen LogP contribution in [0.4, 0.5) is 0 Å². The van der Waals surface area contributed by atoms with Gasteiger partial charge in [0.15, 0.2) is 0 Å². The van der Waals surface area contributed by atoms with Crippen molar-refractivity contribution < 1.29 is 4.79 Å². The first-order valence-corrected chi connectivity index (χ1v) is 8.26. The molecule has 0 atom stereocenters. The topological polar surface area (TPSA) is 41.1 Å². The molecule has 1 aromatic carbocycles. The third kappa shape index (κ3) is 3.85. The molecule has 1 saturated heterocycles. The van der Waals surface area contributed by atoms with Crippen molar-refractivity contribution in [3.8, 4) is 0 Å². The van der Waals surface area contributed by atoms with Crippen LogP contribution in [-0.4, -0.2) is 25.5 Å². The van der Waals surface area contributed by atoms with E-state index in [9.17, 15) is 4.79 Å². The molecule has 3 heteroatoms. The second-order valence-corrected chi connectivity index (χ2v) is 6.10. The molecule has 0 radical (unpaired) electrons. The van der Waals surface area contributed by atoms with Gasteiger partial charge < -0.3 is 10.6 Å². The summed E-state index contributed by atoms with van der Waals surface area (Å²) in [7, 11) is 0. The van der Waals surface area contributed by atoms with Crippen LogP contribution in [-0.2, 0) is 10.2 Å². The van der Waals surface area contributed by atoms with Crippen molar-refractivity contribution >= 4 is 5.91 Å². The average Bonchev–Trinajstić information content (AvgIpc) is 2.58. The molecule has 0 saturated carbocycles. The molecule has 1 heterocycles. The SMILES string of the molecule is CCC(CC)(CNC(=O)C1CCNCC1)c1ccccc1. The lowest BCUT2D eigenvalue weighted by Crippen LogP contribution is -2.44. The second kappa shape index (κ2) is 7.60. The molecule has 3 nitrogen and oxygen atoms in total. The fourth-order valence-corrected chi connectivity index (χ4v) is 3.29. The molecule has 21 heavy (non-hydrogen) atoms. The zero-order valence-electron chi connectivity index (χ0n) is 13.3. The monoisotopic (exact) mass is 288 g/mol. The predicted octanol–water partition coefficient (Wildman–Crippen LogP) is 2.86. The van der Waals surface area contributed by atoms with Gasteiger partial charge in [0.05, 0.1) is 0 Å². The number of carbonyl (C=O) groups excluding carboxylic acids is 1. The number of hydrogen-bond acceptors (Lipinski definition) is 2. The molecule has 0 aromatic heterocycles. The van der Waals surface area contributed by atoms with E-state index >= 15 is 0 Å². The van der Waals surface area contributed by atoms with Crippen LogP contribution in [0.1, 0.15) is 45.1 Å². The van der Waals surface area contributed by atoms with Gasteiger partial charge in [-0.15, -0.1) is 0 Å². The van der Waals surface area contributed by atoms with E-state index < -0.39 is 0 Å². The van der Waals surface area contributed by atoms with Gasteiger partial charge in [-0.3, -0.25) is 4.79 Å². The van der Waals surface area contributed by atoms with E-state index in [-0.39, 0.29) is 17.2 Å². The first kappa shape index (κ1) is 16.0. The maximum Gasteiger partial charge on any atom is 0.223 e. The highest BCUT2D eigenvalue weighted by molar-refractivity contribution is 5.78. The minimum Gasteiger partial charge on any atom is -0.355 e. The molecule has 1 amide bonds. The largest absolute Gasteiger partial charge is 0.355 e. The van der Waals surface area contributed by atoms with E-state index in [4.69, 9.17) is 0 Å². The summed E-state index contributed by atoms with van der Waals surface area (Å²) in [6, 6.07) is 10.6. The third-order valence-corrected chi connectivity index (χ3v) is 5.05. The zero-order valence-corrected chi connectivity index (χ0v) is 13.3. The number of benzene rings is 1. The van der Waals surface area contributed by atoms with Gasteiger partial charge in [0.2, 0.25) is 5.91 Å². The summed E-state index contributed by atoms with van der Waals surface area (Å²) in [4.78, 5) is 12.4. The average molecular weight is 288 g/mol. The summed E-state index contributed by atoms with van der Waals surface area (Å²) >= 11 is 0. The molecular formula is C18H28N2O. The van der Waals surface area contributed by atoms with E-state index in [0.717, 1.165) is 45.3 Å². The number of piperidine rings is 1. The van der Waals surface area contributed by atoms with Gasteiger partial charge in [0.25, 0.3) is 0 Å². The minimum atomic E-state index is 0.0594. The van der Waals surface area contributed by atoms with Crippen LogP contribution < -0.4 is 10.6 Å². The molecule has 1 aromatic rings. The smallest absolute Gasteiger partial charge is 0.223 e. The molecule has 2 rings (SSSR count). The summed E-state index contributed by atoms with van der Waals surface area (Å²) in [5, 5.41) is 6.54. The molecule has 0 unspecified atom stereocenters. The lowest BCUT2D eigenvalue weighted by molar-refractivity contribution is -0.126. The lowest BCUT2D eigenvalue weighted by atomic mass is 9.75. The van der Waals surface area contributed by atoms with Gasteiger partial charge in [0.1, 0.15) is 0 Å². The van der Waals surface area contributed by atoms with Crippen LogP contribution in [0.3, 0.4) is 0 Å². The van der Waals surface area contributed by atoms with Crippen molar-refractivity contribution in [3.63, 3.8) is 0 Å². The summed E-state index contributed by atoms with van der Waals surface area (Å²) in [6.07, 6.45) is 4.00. The van der Waals surface area contributed by atoms with E-state index in [1.54, 1.807) is 0 Å². The summed E-state index contributed by atoms with van der Waals surface area (Å²) in [5.74, 6) is 0.423. The number of rotatable bonds is 6. The Labute approximate surface area is 128 Å². The number of nitrogens with one attached hydrogen (secondary N) is 2. The number of hydrogen-bond donors (Lipinski definition) is 2. The van der Waals surface area contributed by atoms with E-state index in [1.165, 1.54) is 5.56 Å². The lowest BCUT2D eigenvalue weighted by Gasteiger charge is -2.33. The van der Waals surface area contributed by atoms with Gasteiger partial charge in [-0.25, -0.2) is 0 Å². The maximum absolute atomic E-state index is 12.4. The molecule has 0 bridgehead atoms. The molecule has 1 aliphatic heterocycles. The minimum absolute atomic E-state index is 0.0594. The molecule has 1 fully saturated rings. The normalized spacial score (nSPS) is 16.7. The van der Waals surface area contributed by atoms with Gasteiger partial charge in [0, 0.05) is 17.9 Å². The first-order chi connectivity index (χ1) is 10.2. The molecule has 2 N–H and O–H groups in total. The van der Waals surface area contributed by atoms with Crippen molar-refractivity contribution in [1.29, 1.82) is 0 Å². The molecule has 0 spiro atoms. The second-order valence-electron chi connectivity index (χ2n) is 6.10. The van der Waals surface area contributed by atoms with Crippen molar-refractivity contribution in [2.75, 3.05) is 19.6 Å². The van der Waals surface area contributed by atoms with Crippen LogP contribution in [0.15, 0.2) is 30.3 Å². The zero-order chi connectivity index (χ0) is 15.1. The quantitative estimate of drug-likeness (QED) is 0.845. The molecular weight excluding hydrogens is 260 g/mol. The van der Waals surface area contributed by atoms with Crippen molar-refractivity contribution in [3.05, 3.63) is 35.9 Å². The highest BCUT2D eigenvalue weighted by atomic mass is 16.1. The summed E-state index contributed by atoms with van der Waals surface area (Å²) < 4.78 is 0. The first-order valence-electron chi connectivity index (χ1n) is 8.26. The van der Waals surface area contributed by atoms with Crippen LogP contribution in [0.5, 0.6) is 0 Å². The standard InChI is InChI=1S/C18H28N2O/c1-3-18(4-2,16-8-6-5-7-9-16)14-20-17(21)15-10-12-19-13-11-15/h5-9,15,19H,3-4,10-14H2,1-2H3,(H,20,21). The van der Waals surface area contributed by atoms with Crippen LogP contribution in [0, 0.1) is 5.92 Å². The van der Waals surface area contributed by atoms with Crippen LogP contribution in [0.2, 0.25) is 0 Å². The van der Waals surface area contributed by atoms with E-state index in [2.05, 4.69) is 48.7 Å². The molecule has 1 aliphatic rings. The highest BCUT2D eigenvalue weighted by Gasteiger charge is 2.30. The van der Waals surface area contributed by atoms with E-state index in [0.29, 0.717) is 0 Å². The Hall–Kier alpha value is -1.35. The van der Waals surface area contributed by atoms with Gasteiger partial charge in [-0.2, -0.15) is 0 Å². The Kier molecular flexibility index (Phi) is 5.80. The van der Waals surface area contributed by atoms with Crippen molar-refractivity contribution in [2.24, 2.45) is 5.92 Å².